The molecule has 6 rings (SSSR count). The van der Waals surface area contributed by atoms with Gasteiger partial charge in [0.2, 0.25) is 10.9 Å². The van der Waals surface area contributed by atoms with Crippen LogP contribution in [0.4, 0.5) is 0 Å². The summed E-state index contributed by atoms with van der Waals surface area (Å²) in [5, 5.41) is 19.7. The van der Waals surface area contributed by atoms with Crippen LogP contribution in [0.5, 0.6) is 11.5 Å². The monoisotopic (exact) mass is 588 g/mol. The van der Waals surface area contributed by atoms with Crippen molar-refractivity contribution < 1.29 is 10.2 Å². The first-order valence-electron chi connectivity index (χ1n) is 14.2. The first kappa shape index (κ1) is 29.6. The number of benzene rings is 2. The molecule has 2 N–H and O–H groups in total. The normalized spacial score (nSPS) is 16.5. The highest BCUT2D eigenvalue weighted by molar-refractivity contribution is 6.30. The largest absolute Gasteiger partial charge is 0.503 e. The maximum Gasteiger partial charge on any atom is 0.223 e. The van der Waals surface area contributed by atoms with Gasteiger partial charge in [-0.05, 0) is 44.0 Å². The summed E-state index contributed by atoms with van der Waals surface area (Å²) in [5.74, 6) is -0.353. The van der Waals surface area contributed by atoms with Gasteiger partial charge in [0.05, 0.1) is 12.4 Å². The molecule has 4 aromatic rings. The molecule has 9 heteroatoms. The Labute approximate surface area is 250 Å². The van der Waals surface area contributed by atoms with Gasteiger partial charge in [-0.15, -0.1) is 0 Å². The number of aromatic hydroxyl groups is 2. The number of aromatic nitrogens is 2. The predicted molar refractivity (Wildman–Crippen MR) is 165 cm³/mol. The van der Waals surface area contributed by atoms with Gasteiger partial charge in [-0.3, -0.25) is 19.4 Å². The highest BCUT2D eigenvalue weighted by atomic mass is 35.5. The molecule has 2 aliphatic heterocycles. The third-order valence-electron chi connectivity index (χ3n) is 8.33. The molecule has 0 bridgehead atoms. The molecule has 0 amide bonds. The van der Waals surface area contributed by atoms with Crippen LogP contribution in [0.15, 0.2) is 82.6 Å². The predicted octanol–water partition coefficient (Wildman–Crippen LogP) is 5.22. The van der Waals surface area contributed by atoms with E-state index in [-0.39, 0.29) is 28.4 Å². The molecule has 2 aliphatic rings. The lowest BCUT2D eigenvalue weighted by Gasteiger charge is -2.35. The Balaban J connectivity index is 0.000000168. The van der Waals surface area contributed by atoms with E-state index >= 15 is 0 Å². The van der Waals surface area contributed by atoms with E-state index < -0.39 is 0 Å². The van der Waals surface area contributed by atoms with Crippen LogP contribution < -0.4 is 10.9 Å². The summed E-state index contributed by atoms with van der Waals surface area (Å²) < 4.78 is 3.91. The van der Waals surface area contributed by atoms with E-state index in [9.17, 15) is 19.8 Å². The maximum atomic E-state index is 11.6. The highest BCUT2D eigenvalue weighted by Crippen LogP contribution is 2.27. The van der Waals surface area contributed by atoms with Gasteiger partial charge >= 0.3 is 0 Å². The third-order valence-corrected chi connectivity index (χ3v) is 8.57. The van der Waals surface area contributed by atoms with Crippen molar-refractivity contribution in [2.24, 2.45) is 0 Å². The van der Waals surface area contributed by atoms with Crippen molar-refractivity contribution in [1.82, 2.24) is 18.9 Å². The van der Waals surface area contributed by atoms with Crippen LogP contribution in [0.3, 0.4) is 0 Å². The molecule has 2 unspecified atom stereocenters. The Morgan fingerprint density at radius 1 is 0.690 bits per heavy atom. The molecule has 0 spiro atoms. The van der Waals surface area contributed by atoms with Crippen molar-refractivity contribution in [2.45, 2.75) is 59.0 Å². The van der Waals surface area contributed by atoms with E-state index in [2.05, 4.69) is 60.9 Å². The molecule has 4 heterocycles. The van der Waals surface area contributed by atoms with Gasteiger partial charge in [-0.1, -0.05) is 53.6 Å². The molecule has 0 saturated carbocycles. The Morgan fingerprint density at radius 2 is 1.17 bits per heavy atom. The second-order valence-electron chi connectivity index (χ2n) is 11.2. The second kappa shape index (κ2) is 12.6. The summed E-state index contributed by atoms with van der Waals surface area (Å²) in [6.07, 6.45) is 3.07. The van der Waals surface area contributed by atoms with Crippen molar-refractivity contribution in [3.63, 3.8) is 0 Å². The van der Waals surface area contributed by atoms with E-state index in [0.717, 1.165) is 54.7 Å². The molecule has 220 valence electrons. The zero-order chi connectivity index (χ0) is 30.0. The minimum Gasteiger partial charge on any atom is -0.503 e. The summed E-state index contributed by atoms with van der Waals surface area (Å²) in [7, 11) is 0. The standard InChI is InChI=1S/C17H20N2O2.C16H17ClN2O2/c1-12-4-3-5-14(8-12)13(2)18-6-7-19-11-17(21)16(20)9-15(19)10-18;1-11(12-3-2-4-13(17)7-12)18-5-6-19-10-16(21)15(20)8-14(19)9-18/h3-5,8-9,11,13,21H,6-7,10H2,1-2H3;2-4,7-8,10-11,21H,5-6,9H2,1H3. The number of fused-ring (bicyclic) bond motifs is 2. The molecule has 2 aromatic heterocycles. The first-order chi connectivity index (χ1) is 20.1. The van der Waals surface area contributed by atoms with Crippen molar-refractivity contribution in [2.75, 3.05) is 13.1 Å². The molecule has 8 nitrogen and oxygen atoms in total. The van der Waals surface area contributed by atoms with E-state index in [1.54, 1.807) is 12.3 Å². The number of nitrogens with zero attached hydrogens (tertiary/aromatic N) is 4. The fraction of sp³-hybridized carbons (Fsp3) is 0.333. The van der Waals surface area contributed by atoms with Gasteiger partial charge in [-0.25, -0.2) is 0 Å². The van der Waals surface area contributed by atoms with Gasteiger partial charge < -0.3 is 19.3 Å². The summed E-state index contributed by atoms with van der Waals surface area (Å²) in [6, 6.07) is 20.0. The number of rotatable bonds is 4. The van der Waals surface area contributed by atoms with Crippen LogP contribution in [0.1, 0.15) is 54.0 Å². The Kier molecular flexibility index (Phi) is 8.87. The third kappa shape index (κ3) is 6.62. The number of hydrogen-bond acceptors (Lipinski definition) is 6. The minimum atomic E-state index is -0.321. The number of pyridine rings is 2. The Hall–Kier alpha value is -3.85. The lowest BCUT2D eigenvalue weighted by Crippen LogP contribution is -2.36. The smallest absolute Gasteiger partial charge is 0.223 e. The van der Waals surface area contributed by atoms with Crippen LogP contribution in [0.25, 0.3) is 0 Å². The van der Waals surface area contributed by atoms with E-state index in [1.807, 2.05) is 27.3 Å². The van der Waals surface area contributed by atoms with Gasteiger partial charge in [0.15, 0.2) is 11.5 Å². The molecule has 0 radical (unpaired) electrons. The Bertz CT molecular complexity index is 1570. The molecule has 0 aliphatic carbocycles. The topological polar surface area (TPSA) is 90.9 Å². The minimum absolute atomic E-state index is 0.168. The van der Waals surface area contributed by atoms with Crippen molar-refractivity contribution in [3.8, 4) is 11.5 Å². The summed E-state index contributed by atoms with van der Waals surface area (Å²) >= 11 is 6.06. The quantitative estimate of drug-likeness (QED) is 0.340. The molecule has 42 heavy (non-hydrogen) atoms. The molecular formula is C33H37ClN4O4. The summed E-state index contributed by atoms with van der Waals surface area (Å²) in [5.41, 5.74) is 4.99. The lowest BCUT2D eigenvalue weighted by molar-refractivity contribution is 0.164. The molecule has 0 saturated heterocycles. The average Bonchev–Trinajstić information content (AvgIpc) is 2.97. The molecule has 0 fully saturated rings. The summed E-state index contributed by atoms with van der Waals surface area (Å²) in [6.45, 7) is 11.2. The highest BCUT2D eigenvalue weighted by Gasteiger charge is 2.23. The zero-order valence-electron chi connectivity index (χ0n) is 24.2. The first-order valence-corrected chi connectivity index (χ1v) is 14.6. The lowest BCUT2D eigenvalue weighted by atomic mass is 10.0. The average molecular weight is 589 g/mol. The van der Waals surface area contributed by atoms with Gasteiger partial charge in [0.25, 0.3) is 0 Å². The zero-order valence-corrected chi connectivity index (χ0v) is 25.0. The SMILES string of the molecule is CC(c1cccc(Cl)c1)N1CCn2cc(O)c(=O)cc2C1.Cc1cccc(C(C)N2CCn3cc(O)c(=O)cc3C2)c1. The molecule has 2 aromatic carbocycles. The van der Waals surface area contributed by atoms with E-state index in [0.29, 0.717) is 12.6 Å². The van der Waals surface area contributed by atoms with E-state index in [1.165, 1.54) is 23.4 Å². The van der Waals surface area contributed by atoms with Gasteiger partial charge in [0, 0.05) is 79.9 Å². The van der Waals surface area contributed by atoms with Crippen LogP contribution in [0, 0.1) is 6.92 Å². The summed E-state index contributed by atoms with van der Waals surface area (Å²) in [4.78, 5) is 27.8. The van der Waals surface area contributed by atoms with E-state index in [4.69, 9.17) is 11.6 Å². The number of aryl methyl sites for hydroxylation is 1. The van der Waals surface area contributed by atoms with Gasteiger partial charge in [-0.2, -0.15) is 0 Å². The van der Waals surface area contributed by atoms with Crippen LogP contribution in [-0.4, -0.2) is 42.2 Å². The fourth-order valence-electron chi connectivity index (χ4n) is 5.72. The fourth-order valence-corrected chi connectivity index (χ4v) is 5.92. The van der Waals surface area contributed by atoms with Gasteiger partial charge in [0.1, 0.15) is 0 Å². The molecule has 2 atom stereocenters. The number of halogens is 1. The van der Waals surface area contributed by atoms with Crippen molar-refractivity contribution in [1.29, 1.82) is 0 Å². The molecular weight excluding hydrogens is 552 g/mol. The van der Waals surface area contributed by atoms with Crippen LogP contribution in [-0.2, 0) is 26.2 Å². The van der Waals surface area contributed by atoms with Crippen molar-refractivity contribution >= 4 is 11.6 Å². The van der Waals surface area contributed by atoms with Crippen LogP contribution in [0.2, 0.25) is 5.02 Å². The Morgan fingerprint density at radius 3 is 1.64 bits per heavy atom. The van der Waals surface area contributed by atoms with Crippen molar-refractivity contribution in [3.05, 3.63) is 127 Å². The van der Waals surface area contributed by atoms with Crippen LogP contribution >= 0.6 is 11.6 Å². The second-order valence-corrected chi connectivity index (χ2v) is 11.6. The maximum absolute atomic E-state index is 11.6. The number of hydrogen-bond donors (Lipinski definition) is 2.